The van der Waals surface area contributed by atoms with E-state index in [0.717, 1.165) is 24.2 Å². The van der Waals surface area contributed by atoms with Gasteiger partial charge in [-0.15, -0.1) is 0 Å². The number of rotatable bonds is 5. The van der Waals surface area contributed by atoms with Crippen LogP contribution in [0.4, 0.5) is 10.1 Å². The molecule has 0 unspecified atom stereocenters. The molecule has 1 aromatic carbocycles. The van der Waals surface area contributed by atoms with Gasteiger partial charge in [-0.2, -0.15) is 0 Å². The predicted octanol–water partition coefficient (Wildman–Crippen LogP) is 1.73. The van der Waals surface area contributed by atoms with Crippen molar-refractivity contribution in [2.45, 2.75) is 32.2 Å². The highest BCUT2D eigenvalue weighted by Crippen LogP contribution is 2.56. The van der Waals surface area contributed by atoms with E-state index in [1.165, 1.54) is 31.2 Å². The Labute approximate surface area is 161 Å². The van der Waals surface area contributed by atoms with Crippen LogP contribution in [0.15, 0.2) is 24.3 Å². The Hall–Kier alpha value is -2.77. The average Bonchev–Trinajstić information content (AvgIpc) is 3.35. The van der Waals surface area contributed by atoms with Crippen molar-refractivity contribution in [2.75, 3.05) is 11.9 Å². The summed E-state index contributed by atoms with van der Waals surface area (Å²) in [6.07, 6.45) is 2.84. The molecule has 3 aliphatic rings. The molecule has 1 aromatic rings. The fraction of sp³-hybridized carbons (Fsp3) is 0.500. The second kappa shape index (κ2) is 7.00. The summed E-state index contributed by atoms with van der Waals surface area (Å²) < 4.78 is 17.9. The zero-order chi connectivity index (χ0) is 20.0. The van der Waals surface area contributed by atoms with Crippen molar-refractivity contribution in [3.63, 3.8) is 0 Å². The normalized spacial score (nSPS) is 29.0. The number of fused-ring (bicyclic) bond motifs is 5. The zero-order valence-electron chi connectivity index (χ0n) is 15.4. The number of carbonyl (C=O) groups is 4. The second-order valence-electron chi connectivity index (χ2n) is 7.77. The number of amides is 3. The number of hydrogen-bond acceptors (Lipinski definition) is 5. The molecule has 0 radical (unpaired) electrons. The number of benzene rings is 1. The maximum Gasteiger partial charge on any atom is 0.329 e. The Morgan fingerprint density at radius 2 is 1.71 bits per heavy atom. The van der Waals surface area contributed by atoms with Crippen LogP contribution in [0.5, 0.6) is 0 Å². The van der Waals surface area contributed by atoms with E-state index in [9.17, 15) is 23.6 Å². The van der Waals surface area contributed by atoms with Gasteiger partial charge in [-0.25, -0.2) is 9.18 Å². The van der Waals surface area contributed by atoms with E-state index in [4.69, 9.17) is 4.74 Å². The molecule has 4 rings (SSSR count). The minimum Gasteiger partial charge on any atom is -0.454 e. The molecular formula is C20H21FN2O5. The molecule has 3 fully saturated rings. The molecule has 2 aliphatic carbocycles. The summed E-state index contributed by atoms with van der Waals surface area (Å²) in [5, 5.41) is 2.47. The lowest BCUT2D eigenvalue weighted by Crippen LogP contribution is -2.45. The second-order valence-corrected chi connectivity index (χ2v) is 7.77. The van der Waals surface area contributed by atoms with E-state index >= 15 is 0 Å². The summed E-state index contributed by atoms with van der Waals surface area (Å²) in [5.74, 6) is -2.54. The summed E-state index contributed by atoms with van der Waals surface area (Å²) in [4.78, 5) is 50.7. The Kier molecular flexibility index (Phi) is 4.64. The minimum atomic E-state index is -1.07. The highest BCUT2D eigenvalue weighted by atomic mass is 19.1. The van der Waals surface area contributed by atoms with Gasteiger partial charge in [-0.05, 0) is 62.3 Å². The van der Waals surface area contributed by atoms with Crippen molar-refractivity contribution >= 4 is 29.4 Å². The summed E-state index contributed by atoms with van der Waals surface area (Å²) in [6.45, 7) is 0.883. The van der Waals surface area contributed by atoms with Gasteiger partial charge in [-0.1, -0.05) is 0 Å². The lowest BCUT2D eigenvalue weighted by atomic mass is 9.81. The molecule has 1 aliphatic heterocycles. The topological polar surface area (TPSA) is 92.8 Å². The van der Waals surface area contributed by atoms with E-state index in [2.05, 4.69) is 5.32 Å². The summed E-state index contributed by atoms with van der Waals surface area (Å²) in [6, 6.07) is 4.08. The van der Waals surface area contributed by atoms with E-state index in [1.54, 1.807) is 0 Å². The van der Waals surface area contributed by atoms with Gasteiger partial charge in [0.1, 0.15) is 11.9 Å². The lowest BCUT2D eigenvalue weighted by molar-refractivity contribution is -0.159. The Morgan fingerprint density at radius 3 is 2.29 bits per heavy atom. The van der Waals surface area contributed by atoms with Gasteiger partial charge < -0.3 is 10.1 Å². The predicted molar refractivity (Wildman–Crippen MR) is 95.1 cm³/mol. The number of anilines is 1. The van der Waals surface area contributed by atoms with Crippen LogP contribution in [-0.2, 0) is 23.9 Å². The number of halogens is 1. The van der Waals surface area contributed by atoms with Gasteiger partial charge >= 0.3 is 5.97 Å². The number of ether oxygens (including phenoxy) is 1. The van der Waals surface area contributed by atoms with E-state index in [1.807, 2.05) is 0 Å². The number of nitrogens with zero attached hydrogens (tertiary/aromatic N) is 1. The van der Waals surface area contributed by atoms with Gasteiger partial charge in [0.15, 0.2) is 6.61 Å². The van der Waals surface area contributed by atoms with E-state index in [0.29, 0.717) is 5.69 Å². The molecule has 148 valence electrons. The molecule has 28 heavy (non-hydrogen) atoms. The van der Waals surface area contributed by atoms with E-state index < -0.39 is 30.3 Å². The molecule has 2 bridgehead atoms. The third kappa shape index (κ3) is 3.06. The molecule has 1 N–H and O–H groups in total. The van der Waals surface area contributed by atoms with Crippen LogP contribution in [-0.4, -0.2) is 41.2 Å². The van der Waals surface area contributed by atoms with Crippen LogP contribution in [0.3, 0.4) is 0 Å². The number of hydrogen-bond donors (Lipinski definition) is 1. The quantitative estimate of drug-likeness (QED) is 0.613. The number of carbonyl (C=O) groups excluding carboxylic acids is 4. The average molecular weight is 388 g/mol. The first kappa shape index (κ1) is 18.6. The maximum atomic E-state index is 12.9. The third-order valence-electron chi connectivity index (χ3n) is 6.16. The molecule has 2 saturated carbocycles. The SMILES string of the molecule is C[C@@H](C(=O)OCC(=O)Nc1ccc(F)cc1)N1C(=O)[C@H]2[C@@H]3CC[C@@H](C3)[C@@H]2C1=O. The smallest absolute Gasteiger partial charge is 0.329 e. The van der Waals surface area contributed by atoms with Gasteiger partial charge in [0.05, 0.1) is 11.8 Å². The van der Waals surface area contributed by atoms with Crippen LogP contribution >= 0.6 is 0 Å². The molecule has 8 heteroatoms. The maximum absolute atomic E-state index is 12.9. The van der Waals surface area contributed by atoms with Crippen molar-refractivity contribution in [1.82, 2.24) is 4.90 Å². The van der Waals surface area contributed by atoms with Crippen LogP contribution in [0, 0.1) is 29.5 Å². The number of nitrogens with one attached hydrogen (secondary N) is 1. The van der Waals surface area contributed by atoms with Crippen molar-refractivity contribution < 1.29 is 28.3 Å². The molecule has 7 nitrogen and oxygen atoms in total. The first-order valence-electron chi connectivity index (χ1n) is 9.45. The Bertz CT molecular complexity index is 812. The van der Waals surface area contributed by atoms with Crippen LogP contribution < -0.4 is 5.32 Å². The molecule has 1 heterocycles. The largest absolute Gasteiger partial charge is 0.454 e. The fourth-order valence-electron chi connectivity index (χ4n) is 4.91. The van der Waals surface area contributed by atoms with Gasteiger partial charge in [0.25, 0.3) is 5.91 Å². The molecule has 0 aromatic heterocycles. The van der Waals surface area contributed by atoms with E-state index in [-0.39, 0.29) is 35.5 Å². The Morgan fingerprint density at radius 1 is 1.14 bits per heavy atom. The van der Waals surface area contributed by atoms with Crippen molar-refractivity contribution in [3.8, 4) is 0 Å². The first-order valence-corrected chi connectivity index (χ1v) is 9.45. The summed E-state index contributed by atoms with van der Waals surface area (Å²) in [5.41, 5.74) is 0.365. The molecule has 3 amide bonds. The van der Waals surface area contributed by atoms with Gasteiger partial charge in [-0.3, -0.25) is 19.3 Å². The first-order chi connectivity index (χ1) is 13.4. The van der Waals surface area contributed by atoms with Crippen molar-refractivity contribution in [3.05, 3.63) is 30.1 Å². The Balaban J connectivity index is 1.33. The molecule has 0 spiro atoms. The highest BCUT2D eigenvalue weighted by molar-refractivity contribution is 6.08. The third-order valence-corrected chi connectivity index (χ3v) is 6.16. The summed E-state index contributed by atoms with van der Waals surface area (Å²) in [7, 11) is 0. The highest BCUT2D eigenvalue weighted by Gasteiger charge is 2.62. The standard InChI is InChI=1S/C20H21FN2O5/c1-10(20(27)28-9-15(24)22-14-6-4-13(21)5-7-14)23-18(25)16-11-2-3-12(8-11)17(16)19(23)26/h4-7,10-12,16-17H,2-3,8-9H2,1H3,(H,22,24)/t10-,11-,12+,16-,17-/m0/s1. The molecule has 5 atom stereocenters. The minimum absolute atomic E-state index is 0.237. The van der Waals surface area contributed by atoms with Gasteiger partial charge in [0.2, 0.25) is 11.8 Å². The number of likely N-dealkylation sites (tertiary alicyclic amines) is 1. The molecular weight excluding hydrogens is 367 g/mol. The number of esters is 1. The lowest BCUT2D eigenvalue weighted by Gasteiger charge is -2.23. The van der Waals surface area contributed by atoms with Crippen LogP contribution in [0.1, 0.15) is 26.2 Å². The van der Waals surface area contributed by atoms with Crippen LogP contribution in [0.25, 0.3) is 0 Å². The monoisotopic (exact) mass is 388 g/mol. The van der Waals surface area contributed by atoms with Crippen LogP contribution in [0.2, 0.25) is 0 Å². The molecule has 1 saturated heterocycles. The number of imide groups is 1. The van der Waals surface area contributed by atoms with Crippen molar-refractivity contribution in [1.29, 1.82) is 0 Å². The zero-order valence-corrected chi connectivity index (χ0v) is 15.4. The fourth-order valence-corrected chi connectivity index (χ4v) is 4.91. The van der Waals surface area contributed by atoms with Gasteiger partial charge in [0, 0.05) is 5.69 Å². The summed E-state index contributed by atoms with van der Waals surface area (Å²) >= 11 is 0. The van der Waals surface area contributed by atoms with Crippen molar-refractivity contribution in [2.24, 2.45) is 23.7 Å².